The molecule has 2 aliphatic heterocycles. The molecule has 5 atom stereocenters. The highest BCUT2D eigenvalue weighted by Crippen LogP contribution is 2.67. The highest BCUT2D eigenvalue weighted by atomic mass is 16.8. The molecule has 6 heteroatoms. The summed E-state index contributed by atoms with van der Waals surface area (Å²) in [5, 5.41) is 33.6. The Hall–Kier alpha value is -2.38. The van der Waals surface area contributed by atoms with Crippen molar-refractivity contribution in [2.45, 2.75) is 35.3 Å². The van der Waals surface area contributed by atoms with Gasteiger partial charge in [0.15, 0.2) is 5.60 Å². The summed E-state index contributed by atoms with van der Waals surface area (Å²) in [7, 11) is 0. The van der Waals surface area contributed by atoms with Crippen molar-refractivity contribution in [3.05, 3.63) is 60.7 Å². The Morgan fingerprint density at radius 1 is 0.769 bits per heavy atom. The van der Waals surface area contributed by atoms with E-state index >= 15 is 0 Å². The van der Waals surface area contributed by atoms with Gasteiger partial charge in [0.05, 0.1) is 5.39 Å². The second-order valence-electron chi connectivity index (χ2n) is 7.19. The Kier molecular flexibility index (Phi) is 2.44. The summed E-state index contributed by atoms with van der Waals surface area (Å²) in [4.78, 5) is 0. The molecule has 2 aromatic carbocycles. The number of ether oxygens (including phenoxy) is 3. The number of benzene rings is 2. The van der Waals surface area contributed by atoms with E-state index in [2.05, 4.69) is 0 Å². The minimum atomic E-state index is -1.50. The van der Waals surface area contributed by atoms with Gasteiger partial charge in [0.25, 0.3) is 0 Å². The molecule has 4 aliphatic rings. The molecule has 0 aromatic heterocycles. The maximum absolute atomic E-state index is 10.8. The standard InChI is InChI=1S/C20H16O6/c21-14-7-8-16(23)20-18(10-9-15(22)19(14,20)26-20)24-12-5-1-3-11-4-2-6-13(25-18)17(11)12/h1-10,14-16,21-23H/t14-,15+,16+,19-,20-/m1/s1. The lowest BCUT2D eigenvalue weighted by Crippen LogP contribution is -2.69. The fraction of sp³-hybridized carbons (Fsp3) is 0.300. The molecule has 1 saturated heterocycles. The quantitative estimate of drug-likeness (QED) is 0.485. The second-order valence-corrected chi connectivity index (χ2v) is 7.19. The molecule has 2 aliphatic carbocycles. The third kappa shape index (κ3) is 1.35. The summed E-state index contributed by atoms with van der Waals surface area (Å²) in [6, 6.07) is 11.4. The Labute approximate surface area is 148 Å². The van der Waals surface area contributed by atoms with Gasteiger partial charge in [-0.05, 0) is 23.6 Å². The maximum Gasteiger partial charge on any atom is 0.306 e. The molecule has 0 unspecified atom stereocenters. The molecular weight excluding hydrogens is 336 g/mol. The Morgan fingerprint density at radius 3 is 2.08 bits per heavy atom. The molecule has 0 bridgehead atoms. The van der Waals surface area contributed by atoms with E-state index in [1.807, 2.05) is 36.4 Å². The molecule has 2 aromatic rings. The molecule has 1 spiro atoms. The van der Waals surface area contributed by atoms with Crippen LogP contribution in [-0.2, 0) is 4.74 Å². The zero-order valence-corrected chi connectivity index (χ0v) is 13.6. The first-order chi connectivity index (χ1) is 12.5. The van der Waals surface area contributed by atoms with Gasteiger partial charge in [0.2, 0.25) is 5.60 Å². The van der Waals surface area contributed by atoms with Crippen molar-refractivity contribution in [2.75, 3.05) is 0 Å². The molecule has 132 valence electrons. The average Bonchev–Trinajstić information content (AvgIpc) is 3.39. The summed E-state index contributed by atoms with van der Waals surface area (Å²) in [5.74, 6) is -0.305. The minimum absolute atomic E-state index is 0.598. The fourth-order valence-electron chi connectivity index (χ4n) is 4.80. The van der Waals surface area contributed by atoms with Crippen molar-refractivity contribution in [2.24, 2.45) is 0 Å². The largest absolute Gasteiger partial charge is 0.445 e. The molecule has 0 amide bonds. The van der Waals surface area contributed by atoms with E-state index in [0.29, 0.717) is 11.5 Å². The lowest BCUT2D eigenvalue weighted by Gasteiger charge is -2.46. The van der Waals surface area contributed by atoms with Gasteiger partial charge < -0.3 is 29.5 Å². The van der Waals surface area contributed by atoms with Crippen molar-refractivity contribution in [3.8, 4) is 11.5 Å². The van der Waals surface area contributed by atoms with Gasteiger partial charge >= 0.3 is 5.79 Å². The van der Waals surface area contributed by atoms with E-state index in [0.717, 1.165) is 10.8 Å². The van der Waals surface area contributed by atoms with Crippen molar-refractivity contribution >= 4 is 10.8 Å². The first-order valence-corrected chi connectivity index (χ1v) is 8.56. The molecular formula is C20H16O6. The van der Waals surface area contributed by atoms with Crippen molar-refractivity contribution in [1.29, 1.82) is 0 Å². The van der Waals surface area contributed by atoms with E-state index in [-0.39, 0.29) is 0 Å². The Morgan fingerprint density at radius 2 is 1.38 bits per heavy atom. The van der Waals surface area contributed by atoms with Crippen LogP contribution in [0.25, 0.3) is 10.8 Å². The number of hydrogen-bond donors (Lipinski definition) is 3. The smallest absolute Gasteiger partial charge is 0.306 e. The lowest BCUT2D eigenvalue weighted by atomic mass is 9.68. The van der Waals surface area contributed by atoms with Crippen LogP contribution in [-0.4, -0.2) is 50.6 Å². The molecule has 6 nitrogen and oxygen atoms in total. The number of aliphatic hydroxyl groups excluding tert-OH is 3. The van der Waals surface area contributed by atoms with Gasteiger partial charge in [-0.25, -0.2) is 0 Å². The number of epoxide rings is 1. The first kappa shape index (κ1) is 14.8. The van der Waals surface area contributed by atoms with Gasteiger partial charge in [0, 0.05) is 6.08 Å². The van der Waals surface area contributed by atoms with Gasteiger partial charge in [-0.3, -0.25) is 0 Å². The van der Waals surface area contributed by atoms with Crippen molar-refractivity contribution in [1.82, 2.24) is 0 Å². The predicted octanol–water partition coefficient (Wildman–Crippen LogP) is 1.04. The van der Waals surface area contributed by atoms with E-state index in [1.165, 1.54) is 18.2 Å². The van der Waals surface area contributed by atoms with Crippen molar-refractivity contribution in [3.63, 3.8) is 0 Å². The Bertz CT molecular complexity index is 972. The maximum atomic E-state index is 10.8. The van der Waals surface area contributed by atoms with Gasteiger partial charge in [0.1, 0.15) is 29.8 Å². The molecule has 0 saturated carbocycles. The summed E-state index contributed by atoms with van der Waals surface area (Å²) in [6.07, 6.45) is 2.66. The second kappa shape index (κ2) is 4.29. The highest BCUT2D eigenvalue weighted by molar-refractivity contribution is 5.94. The van der Waals surface area contributed by atoms with Crippen LogP contribution in [0.15, 0.2) is 60.7 Å². The SMILES string of the molecule is O[C@@H]1C=C[C@H](O)[C@]23O[C@@]12[C@@H](O)C=CC31Oc2cccc3cccc(c23)O1. The highest BCUT2D eigenvalue weighted by Gasteiger charge is 2.91. The third-order valence-corrected chi connectivity index (χ3v) is 6.01. The van der Waals surface area contributed by atoms with Crippen LogP contribution in [0.4, 0.5) is 0 Å². The number of aliphatic hydroxyl groups is 3. The van der Waals surface area contributed by atoms with E-state index in [4.69, 9.17) is 14.2 Å². The van der Waals surface area contributed by atoms with E-state index < -0.39 is 35.3 Å². The van der Waals surface area contributed by atoms with Crippen LogP contribution in [0.5, 0.6) is 11.5 Å². The van der Waals surface area contributed by atoms with Gasteiger partial charge in [-0.1, -0.05) is 36.4 Å². The summed E-state index contributed by atoms with van der Waals surface area (Å²) in [5.41, 5.74) is -2.85. The summed E-state index contributed by atoms with van der Waals surface area (Å²) in [6.45, 7) is 0. The zero-order valence-electron chi connectivity index (χ0n) is 13.6. The van der Waals surface area contributed by atoms with Crippen LogP contribution in [0.2, 0.25) is 0 Å². The van der Waals surface area contributed by atoms with Crippen LogP contribution >= 0.6 is 0 Å². The van der Waals surface area contributed by atoms with E-state index in [9.17, 15) is 15.3 Å². The Balaban J connectivity index is 1.60. The van der Waals surface area contributed by atoms with Gasteiger partial charge in [-0.15, -0.1) is 0 Å². The fourth-order valence-corrected chi connectivity index (χ4v) is 4.80. The van der Waals surface area contributed by atoms with Crippen LogP contribution in [0.1, 0.15) is 0 Å². The zero-order chi connectivity index (χ0) is 17.7. The predicted molar refractivity (Wildman–Crippen MR) is 90.8 cm³/mol. The van der Waals surface area contributed by atoms with Crippen LogP contribution < -0.4 is 9.47 Å². The first-order valence-electron chi connectivity index (χ1n) is 8.56. The lowest BCUT2D eigenvalue weighted by molar-refractivity contribution is -0.162. The van der Waals surface area contributed by atoms with Gasteiger partial charge in [-0.2, -0.15) is 0 Å². The minimum Gasteiger partial charge on any atom is -0.445 e. The molecule has 3 N–H and O–H groups in total. The summed E-state index contributed by atoms with van der Waals surface area (Å²) >= 11 is 0. The molecule has 1 fully saturated rings. The van der Waals surface area contributed by atoms with E-state index in [1.54, 1.807) is 6.08 Å². The molecule has 26 heavy (non-hydrogen) atoms. The molecule has 0 radical (unpaired) electrons. The summed E-state index contributed by atoms with van der Waals surface area (Å²) < 4.78 is 18.4. The molecule has 2 heterocycles. The topological polar surface area (TPSA) is 91.7 Å². The van der Waals surface area contributed by atoms with Crippen LogP contribution in [0, 0.1) is 0 Å². The average molecular weight is 352 g/mol. The monoisotopic (exact) mass is 352 g/mol. The number of rotatable bonds is 0. The van der Waals surface area contributed by atoms with Crippen molar-refractivity contribution < 1.29 is 29.5 Å². The third-order valence-electron chi connectivity index (χ3n) is 6.01. The molecule has 6 rings (SSSR count). The van der Waals surface area contributed by atoms with Crippen LogP contribution in [0.3, 0.4) is 0 Å². The number of hydrogen-bond acceptors (Lipinski definition) is 6. The normalized spacial score (nSPS) is 40.5.